The van der Waals surface area contributed by atoms with Gasteiger partial charge in [-0.3, -0.25) is 0 Å². The van der Waals surface area contributed by atoms with Crippen LogP contribution in [0.1, 0.15) is 42.3 Å². The van der Waals surface area contributed by atoms with E-state index in [1.165, 1.54) is 31.6 Å². The summed E-state index contributed by atoms with van der Waals surface area (Å²) in [5, 5.41) is 12.3. The summed E-state index contributed by atoms with van der Waals surface area (Å²) in [6.07, 6.45) is 5.10. The summed E-state index contributed by atoms with van der Waals surface area (Å²) in [5.74, 6) is 0.264. The highest BCUT2D eigenvalue weighted by atomic mass is 16.4. The molecule has 1 heterocycles. The zero-order valence-corrected chi connectivity index (χ0v) is 9.40. The molecule has 0 bridgehead atoms. The second-order valence-electron chi connectivity index (χ2n) is 4.46. The molecule has 88 valence electrons. The Hall–Kier alpha value is -1.29. The molecule has 0 aromatic carbocycles. The summed E-state index contributed by atoms with van der Waals surface area (Å²) in [6.45, 7) is 2.73. The lowest BCUT2D eigenvalue weighted by atomic mass is 10.1. The summed E-state index contributed by atoms with van der Waals surface area (Å²) in [5.41, 5.74) is 0.262. The van der Waals surface area contributed by atoms with Crippen LogP contribution in [0, 0.1) is 5.92 Å². The van der Waals surface area contributed by atoms with E-state index in [1.807, 2.05) is 0 Å². The lowest BCUT2D eigenvalue weighted by molar-refractivity contribution is 0.0694. The second-order valence-corrected chi connectivity index (χ2v) is 4.46. The van der Waals surface area contributed by atoms with Crippen LogP contribution in [0.25, 0.3) is 0 Å². The Labute approximate surface area is 94.6 Å². The lowest BCUT2D eigenvalue weighted by Crippen LogP contribution is -2.30. The van der Waals surface area contributed by atoms with Crippen molar-refractivity contribution in [3.05, 3.63) is 23.7 Å². The monoisotopic (exact) mass is 223 g/mol. The summed E-state index contributed by atoms with van der Waals surface area (Å²) < 4.78 is 5.18. The maximum absolute atomic E-state index is 10.9. The Morgan fingerprint density at radius 3 is 3.06 bits per heavy atom. The molecule has 0 spiro atoms. The Morgan fingerprint density at radius 1 is 1.62 bits per heavy atom. The van der Waals surface area contributed by atoms with Crippen LogP contribution in [0.15, 0.2) is 16.7 Å². The molecule has 2 unspecified atom stereocenters. The predicted octanol–water partition coefficient (Wildman–Crippen LogP) is 2.26. The minimum absolute atomic E-state index is 0.262. The van der Waals surface area contributed by atoms with Gasteiger partial charge in [0.25, 0.3) is 0 Å². The van der Waals surface area contributed by atoms with Gasteiger partial charge in [0.1, 0.15) is 11.3 Å². The van der Waals surface area contributed by atoms with Gasteiger partial charge >= 0.3 is 5.97 Å². The Morgan fingerprint density at radius 2 is 2.44 bits per heavy atom. The van der Waals surface area contributed by atoms with Crippen molar-refractivity contribution >= 4 is 5.97 Å². The number of carboxylic acid groups (broad SMARTS) is 1. The third-order valence-corrected chi connectivity index (χ3v) is 3.36. The first kappa shape index (κ1) is 11.2. The number of aromatic carboxylic acids is 1. The first-order valence-electron chi connectivity index (χ1n) is 5.71. The van der Waals surface area contributed by atoms with Gasteiger partial charge in [-0.05, 0) is 24.8 Å². The Balaban J connectivity index is 1.94. The van der Waals surface area contributed by atoms with E-state index in [4.69, 9.17) is 9.52 Å². The molecule has 4 nitrogen and oxygen atoms in total. The van der Waals surface area contributed by atoms with Gasteiger partial charge in [-0.1, -0.05) is 13.3 Å². The fourth-order valence-electron chi connectivity index (χ4n) is 2.34. The summed E-state index contributed by atoms with van der Waals surface area (Å²) in [7, 11) is 0. The topological polar surface area (TPSA) is 62.5 Å². The molecule has 0 amide bonds. The van der Waals surface area contributed by atoms with E-state index >= 15 is 0 Å². The molecule has 1 aliphatic carbocycles. The zero-order valence-electron chi connectivity index (χ0n) is 9.40. The van der Waals surface area contributed by atoms with E-state index in [9.17, 15) is 4.79 Å². The fourth-order valence-corrected chi connectivity index (χ4v) is 2.34. The molecule has 2 rings (SSSR count). The van der Waals surface area contributed by atoms with E-state index in [1.54, 1.807) is 0 Å². The van der Waals surface area contributed by atoms with E-state index in [0.717, 1.165) is 0 Å². The molecule has 2 N–H and O–H groups in total. The first-order valence-corrected chi connectivity index (χ1v) is 5.71. The minimum atomic E-state index is -0.926. The largest absolute Gasteiger partial charge is 0.478 e. The van der Waals surface area contributed by atoms with Gasteiger partial charge in [0.2, 0.25) is 0 Å². The third-order valence-electron chi connectivity index (χ3n) is 3.36. The van der Waals surface area contributed by atoms with Gasteiger partial charge in [0.15, 0.2) is 0 Å². The van der Waals surface area contributed by atoms with Crippen LogP contribution in [0.3, 0.4) is 0 Å². The predicted molar refractivity (Wildman–Crippen MR) is 59.3 cm³/mol. The van der Waals surface area contributed by atoms with Crippen molar-refractivity contribution in [2.45, 2.75) is 38.8 Å². The smallest absolute Gasteiger partial charge is 0.339 e. The van der Waals surface area contributed by atoms with Crippen LogP contribution in [0.2, 0.25) is 0 Å². The summed E-state index contributed by atoms with van der Waals surface area (Å²) in [6, 6.07) is 1.99. The molecule has 2 atom stereocenters. The van der Waals surface area contributed by atoms with Crippen LogP contribution in [0.5, 0.6) is 0 Å². The molecule has 0 radical (unpaired) electrons. The van der Waals surface area contributed by atoms with Crippen molar-refractivity contribution in [1.29, 1.82) is 0 Å². The van der Waals surface area contributed by atoms with Crippen molar-refractivity contribution in [3.63, 3.8) is 0 Å². The van der Waals surface area contributed by atoms with Crippen LogP contribution in [-0.4, -0.2) is 17.1 Å². The second kappa shape index (κ2) is 4.70. The number of furan rings is 1. The average Bonchev–Trinajstić information content (AvgIpc) is 2.83. The van der Waals surface area contributed by atoms with Gasteiger partial charge in [0.05, 0.1) is 12.8 Å². The van der Waals surface area contributed by atoms with Gasteiger partial charge in [0, 0.05) is 6.04 Å². The molecular weight excluding hydrogens is 206 g/mol. The number of rotatable bonds is 4. The highest BCUT2D eigenvalue weighted by Gasteiger charge is 2.23. The SMILES string of the molecule is CC1CCCC1NCc1occc1C(=O)O. The van der Waals surface area contributed by atoms with E-state index in [-0.39, 0.29) is 5.56 Å². The van der Waals surface area contributed by atoms with Crippen LogP contribution in [-0.2, 0) is 6.54 Å². The molecule has 16 heavy (non-hydrogen) atoms. The molecular formula is C12H17NO3. The van der Waals surface area contributed by atoms with Gasteiger partial charge in [-0.2, -0.15) is 0 Å². The van der Waals surface area contributed by atoms with E-state index in [2.05, 4.69) is 12.2 Å². The van der Waals surface area contributed by atoms with Crippen molar-refractivity contribution < 1.29 is 14.3 Å². The number of hydrogen-bond acceptors (Lipinski definition) is 3. The quantitative estimate of drug-likeness (QED) is 0.821. The maximum atomic E-state index is 10.9. The summed E-state index contributed by atoms with van der Waals surface area (Å²) >= 11 is 0. The standard InChI is InChI=1S/C12H17NO3/c1-8-3-2-4-10(8)13-7-11-9(12(14)15)5-6-16-11/h5-6,8,10,13H,2-4,7H2,1H3,(H,14,15). The molecule has 0 aliphatic heterocycles. The number of carboxylic acids is 1. The molecule has 0 saturated heterocycles. The highest BCUT2D eigenvalue weighted by molar-refractivity contribution is 5.88. The maximum Gasteiger partial charge on any atom is 0.339 e. The van der Waals surface area contributed by atoms with E-state index in [0.29, 0.717) is 24.3 Å². The van der Waals surface area contributed by atoms with Gasteiger partial charge in [-0.15, -0.1) is 0 Å². The highest BCUT2D eigenvalue weighted by Crippen LogP contribution is 2.25. The third kappa shape index (κ3) is 2.27. The lowest BCUT2D eigenvalue weighted by Gasteiger charge is -2.16. The minimum Gasteiger partial charge on any atom is -0.478 e. The van der Waals surface area contributed by atoms with Crippen LogP contribution >= 0.6 is 0 Å². The molecule has 1 aromatic heterocycles. The van der Waals surface area contributed by atoms with Gasteiger partial charge in [-0.25, -0.2) is 4.79 Å². The fraction of sp³-hybridized carbons (Fsp3) is 0.583. The van der Waals surface area contributed by atoms with Gasteiger partial charge < -0.3 is 14.8 Å². The average molecular weight is 223 g/mol. The molecule has 1 aliphatic rings. The van der Waals surface area contributed by atoms with Crippen molar-refractivity contribution in [1.82, 2.24) is 5.32 Å². The van der Waals surface area contributed by atoms with Crippen molar-refractivity contribution in [2.75, 3.05) is 0 Å². The Bertz CT molecular complexity index is 372. The molecule has 1 aromatic rings. The van der Waals surface area contributed by atoms with Crippen molar-refractivity contribution in [3.8, 4) is 0 Å². The zero-order chi connectivity index (χ0) is 11.5. The van der Waals surface area contributed by atoms with E-state index < -0.39 is 5.97 Å². The molecule has 1 fully saturated rings. The first-order chi connectivity index (χ1) is 7.68. The molecule has 1 saturated carbocycles. The number of nitrogens with one attached hydrogen (secondary N) is 1. The molecule has 4 heteroatoms. The normalized spacial score (nSPS) is 24.8. The van der Waals surface area contributed by atoms with Crippen LogP contribution in [0.4, 0.5) is 0 Å². The number of carbonyl (C=O) groups is 1. The van der Waals surface area contributed by atoms with Crippen molar-refractivity contribution in [2.24, 2.45) is 5.92 Å². The van der Waals surface area contributed by atoms with Crippen LogP contribution < -0.4 is 5.32 Å². The summed E-state index contributed by atoms with van der Waals surface area (Å²) in [4.78, 5) is 10.9. The number of hydrogen-bond donors (Lipinski definition) is 2. The Kier molecular flexibility index (Phi) is 3.29.